The van der Waals surface area contributed by atoms with Crippen molar-refractivity contribution in [2.75, 3.05) is 13.2 Å². The smallest absolute Gasteiger partial charge is 0.407 e. The molecule has 1 unspecified atom stereocenters. The Hall–Kier alpha value is -4.21. The second kappa shape index (κ2) is 9.94. The van der Waals surface area contributed by atoms with Gasteiger partial charge >= 0.3 is 12.1 Å². The van der Waals surface area contributed by atoms with Gasteiger partial charge in [-0.05, 0) is 22.3 Å². The Morgan fingerprint density at radius 1 is 1.06 bits per heavy atom. The monoisotopic (exact) mass is 449 g/mol. The predicted molar refractivity (Wildman–Crippen MR) is 117 cm³/mol. The molecule has 1 aliphatic carbocycles. The van der Waals surface area contributed by atoms with E-state index in [1.54, 1.807) is 0 Å². The molecule has 0 bridgehead atoms. The second-order valence-electron chi connectivity index (χ2n) is 7.57. The maximum absolute atomic E-state index is 12.5. The van der Waals surface area contributed by atoms with Crippen molar-refractivity contribution in [2.24, 2.45) is 0 Å². The molecular formula is C23H23N5O5. The summed E-state index contributed by atoms with van der Waals surface area (Å²) in [4.78, 5) is 39.9. The molecule has 1 heterocycles. The van der Waals surface area contributed by atoms with Crippen molar-refractivity contribution >= 4 is 18.0 Å². The van der Waals surface area contributed by atoms with E-state index < -0.39 is 30.4 Å². The number of alkyl carbamates (subject to hydrolysis) is 1. The predicted octanol–water partition coefficient (Wildman–Crippen LogP) is 1.78. The lowest BCUT2D eigenvalue weighted by atomic mass is 9.98. The number of aliphatic carboxylic acids is 1. The molecular weight excluding hydrogens is 426 g/mol. The van der Waals surface area contributed by atoms with Crippen LogP contribution in [0.15, 0.2) is 61.2 Å². The molecule has 10 nitrogen and oxygen atoms in total. The molecule has 1 aliphatic rings. The zero-order valence-corrected chi connectivity index (χ0v) is 17.7. The van der Waals surface area contributed by atoms with E-state index in [-0.39, 0.29) is 19.1 Å². The molecule has 0 aliphatic heterocycles. The largest absolute Gasteiger partial charge is 0.481 e. The SMILES string of the molecule is O=C(O)CC(NC(=O)OCC1c2ccccc2-c2ccccc21)C(=O)NCCn1cncn1. The molecule has 1 atom stereocenters. The highest BCUT2D eigenvalue weighted by atomic mass is 16.5. The van der Waals surface area contributed by atoms with Gasteiger partial charge in [-0.15, -0.1) is 0 Å². The summed E-state index contributed by atoms with van der Waals surface area (Å²) >= 11 is 0. The van der Waals surface area contributed by atoms with Crippen molar-refractivity contribution in [3.8, 4) is 11.1 Å². The Morgan fingerprint density at radius 2 is 1.73 bits per heavy atom. The number of carbonyl (C=O) groups is 3. The molecule has 1 aromatic heterocycles. The Bertz CT molecular complexity index is 1100. The van der Waals surface area contributed by atoms with Gasteiger partial charge in [-0.25, -0.2) is 9.78 Å². The van der Waals surface area contributed by atoms with Crippen LogP contribution in [0, 0.1) is 0 Å². The minimum atomic E-state index is -1.27. The number of amides is 2. The van der Waals surface area contributed by atoms with Gasteiger partial charge in [0.2, 0.25) is 5.91 Å². The number of hydrogen-bond acceptors (Lipinski definition) is 6. The van der Waals surface area contributed by atoms with E-state index in [1.807, 2.05) is 48.5 Å². The molecule has 33 heavy (non-hydrogen) atoms. The lowest BCUT2D eigenvalue weighted by molar-refractivity contribution is -0.139. The van der Waals surface area contributed by atoms with Crippen molar-refractivity contribution in [1.29, 1.82) is 0 Å². The number of rotatable bonds is 9. The Balaban J connectivity index is 1.35. The molecule has 0 fully saturated rings. The highest BCUT2D eigenvalue weighted by Gasteiger charge is 2.30. The van der Waals surface area contributed by atoms with E-state index in [2.05, 4.69) is 20.7 Å². The average molecular weight is 449 g/mol. The van der Waals surface area contributed by atoms with Crippen LogP contribution in [0.5, 0.6) is 0 Å². The third-order valence-corrected chi connectivity index (χ3v) is 5.44. The van der Waals surface area contributed by atoms with Gasteiger partial charge in [0.1, 0.15) is 25.3 Å². The van der Waals surface area contributed by atoms with Gasteiger partial charge in [0.05, 0.1) is 13.0 Å². The van der Waals surface area contributed by atoms with Crippen molar-refractivity contribution in [1.82, 2.24) is 25.4 Å². The molecule has 2 aromatic carbocycles. The highest BCUT2D eigenvalue weighted by Crippen LogP contribution is 2.44. The van der Waals surface area contributed by atoms with Crippen LogP contribution in [-0.2, 0) is 20.9 Å². The number of carboxylic acids is 1. The zero-order valence-electron chi connectivity index (χ0n) is 17.7. The molecule has 0 spiro atoms. The Kier molecular flexibility index (Phi) is 6.63. The van der Waals surface area contributed by atoms with Crippen molar-refractivity contribution in [3.05, 3.63) is 72.3 Å². The number of nitrogens with one attached hydrogen (secondary N) is 2. The Labute approximate surface area is 189 Å². The van der Waals surface area contributed by atoms with Gasteiger partial charge in [0.15, 0.2) is 0 Å². The number of aromatic nitrogens is 3. The van der Waals surface area contributed by atoms with Crippen LogP contribution in [0.1, 0.15) is 23.5 Å². The summed E-state index contributed by atoms with van der Waals surface area (Å²) in [5.74, 6) is -1.98. The number of carbonyl (C=O) groups excluding carboxylic acids is 2. The number of benzene rings is 2. The number of nitrogens with zero attached hydrogens (tertiary/aromatic N) is 3. The second-order valence-corrected chi connectivity index (χ2v) is 7.57. The zero-order chi connectivity index (χ0) is 23.2. The number of hydrogen-bond donors (Lipinski definition) is 3. The van der Waals surface area contributed by atoms with Crippen molar-refractivity contribution in [2.45, 2.75) is 24.9 Å². The number of fused-ring (bicyclic) bond motifs is 3. The minimum absolute atomic E-state index is 0.0631. The fraction of sp³-hybridized carbons (Fsp3) is 0.261. The standard InChI is InChI=1S/C23H23N5O5/c29-21(30)11-20(22(31)25-9-10-28-14-24-13-26-28)27-23(32)33-12-19-17-7-3-1-5-15(17)16-6-2-4-8-18(16)19/h1-8,13-14,19-20H,9-12H2,(H,25,31)(H,27,32)(H,29,30). The maximum atomic E-state index is 12.5. The van der Waals surface area contributed by atoms with Gasteiger partial charge in [-0.1, -0.05) is 48.5 Å². The summed E-state index contributed by atoms with van der Waals surface area (Å²) in [6.45, 7) is 0.620. The van der Waals surface area contributed by atoms with Crippen LogP contribution in [0.3, 0.4) is 0 Å². The first-order valence-electron chi connectivity index (χ1n) is 10.5. The van der Waals surface area contributed by atoms with E-state index in [9.17, 15) is 14.4 Å². The number of carboxylic acid groups (broad SMARTS) is 1. The van der Waals surface area contributed by atoms with Gasteiger partial charge in [-0.3, -0.25) is 14.3 Å². The molecule has 4 rings (SSSR count). The molecule has 0 radical (unpaired) electrons. The quantitative estimate of drug-likeness (QED) is 0.453. The van der Waals surface area contributed by atoms with Crippen molar-refractivity contribution in [3.63, 3.8) is 0 Å². The van der Waals surface area contributed by atoms with E-state index in [4.69, 9.17) is 9.84 Å². The van der Waals surface area contributed by atoms with Crippen LogP contribution in [0.2, 0.25) is 0 Å². The summed E-state index contributed by atoms with van der Waals surface area (Å²) < 4.78 is 6.94. The fourth-order valence-corrected chi connectivity index (χ4v) is 3.93. The lowest BCUT2D eigenvalue weighted by Crippen LogP contribution is -2.48. The summed E-state index contributed by atoms with van der Waals surface area (Å²) in [5.41, 5.74) is 4.30. The van der Waals surface area contributed by atoms with Crippen molar-refractivity contribution < 1.29 is 24.2 Å². The van der Waals surface area contributed by atoms with Crippen LogP contribution in [0.4, 0.5) is 4.79 Å². The molecule has 0 saturated heterocycles. The summed E-state index contributed by atoms with van der Waals surface area (Å²) in [6, 6.07) is 14.6. The first kappa shape index (κ1) is 22.0. The van der Waals surface area contributed by atoms with Gasteiger partial charge in [0, 0.05) is 12.5 Å². The van der Waals surface area contributed by atoms with Crippen LogP contribution in [0.25, 0.3) is 11.1 Å². The number of ether oxygens (including phenoxy) is 1. The highest BCUT2D eigenvalue weighted by molar-refractivity contribution is 5.89. The molecule has 3 N–H and O–H groups in total. The molecule has 10 heteroatoms. The summed E-state index contributed by atoms with van der Waals surface area (Å²) in [5, 5.41) is 18.0. The minimum Gasteiger partial charge on any atom is -0.481 e. The Morgan fingerprint density at radius 3 is 2.33 bits per heavy atom. The van der Waals surface area contributed by atoms with E-state index in [0.717, 1.165) is 22.3 Å². The third-order valence-electron chi connectivity index (χ3n) is 5.44. The van der Waals surface area contributed by atoms with E-state index >= 15 is 0 Å². The van der Waals surface area contributed by atoms with Crippen LogP contribution in [-0.4, -0.2) is 57.0 Å². The molecule has 170 valence electrons. The van der Waals surface area contributed by atoms with E-state index in [0.29, 0.717) is 6.54 Å². The molecule has 3 aromatic rings. The molecule has 0 saturated carbocycles. The topological polar surface area (TPSA) is 135 Å². The lowest BCUT2D eigenvalue weighted by Gasteiger charge is -2.18. The van der Waals surface area contributed by atoms with Gasteiger partial charge in [0.25, 0.3) is 0 Å². The summed E-state index contributed by atoms with van der Waals surface area (Å²) in [6.07, 6.45) is 1.44. The average Bonchev–Trinajstić information content (AvgIpc) is 3.43. The third kappa shape index (κ3) is 5.17. The first-order chi connectivity index (χ1) is 16.0. The fourth-order valence-electron chi connectivity index (χ4n) is 3.93. The molecule has 2 amide bonds. The van der Waals surface area contributed by atoms with Crippen LogP contribution < -0.4 is 10.6 Å². The summed E-state index contributed by atoms with van der Waals surface area (Å²) in [7, 11) is 0. The van der Waals surface area contributed by atoms with E-state index in [1.165, 1.54) is 17.3 Å². The first-order valence-corrected chi connectivity index (χ1v) is 10.5. The normalized spacial score (nSPS) is 13.0. The van der Waals surface area contributed by atoms with Gasteiger partial charge < -0.3 is 20.5 Å². The van der Waals surface area contributed by atoms with Crippen LogP contribution >= 0.6 is 0 Å². The maximum Gasteiger partial charge on any atom is 0.407 e. The van der Waals surface area contributed by atoms with Gasteiger partial charge in [-0.2, -0.15) is 5.10 Å².